The summed E-state index contributed by atoms with van der Waals surface area (Å²) in [6.07, 6.45) is 0. The summed E-state index contributed by atoms with van der Waals surface area (Å²) in [5, 5.41) is 3.29. The molecule has 2 aromatic rings. The number of thioether (sulfide) groups is 1. The molecule has 0 spiro atoms. The lowest BCUT2D eigenvalue weighted by molar-refractivity contribution is 0.0955. The molecule has 1 aliphatic heterocycles. The van der Waals surface area contributed by atoms with Crippen molar-refractivity contribution >= 4 is 17.5 Å². The number of rotatable bonds is 9. The highest BCUT2D eigenvalue weighted by molar-refractivity contribution is 7.99. The minimum atomic E-state index is -0.378. The summed E-state index contributed by atoms with van der Waals surface area (Å²) in [6.45, 7) is 0. The molecule has 0 aromatic heterocycles. The van der Waals surface area contributed by atoms with Crippen LogP contribution in [0.1, 0.15) is 21.3 Å². The average molecular weight is 450 g/mol. The zero-order valence-corrected chi connectivity index (χ0v) is 19.3. The van der Waals surface area contributed by atoms with Gasteiger partial charge in [0, 0.05) is 11.3 Å². The third kappa shape index (κ3) is 4.47. The van der Waals surface area contributed by atoms with E-state index in [-0.39, 0.29) is 17.2 Å². The van der Waals surface area contributed by atoms with Crippen LogP contribution in [0.5, 0.6) is 34.5 Å². The van der Waals surface area contributed by atoms with E-state index in [0.29, 0.717) is 45.8 Å². The highest BCUT2D eigenvalue weighted by Gasteiger charge is 2.33. The molecule has 8 nitrogen and oxygen atoms in total. The fraction of sp³-hybridized carbons (Fsp3) is 0.409. The van der Waals surface area contributed by atoms with Gasteiger partial charge in [-0.2, -0.15) is 0 Å². The Kier molecular flexibility index (Phi) is 7.40. The van der Waals surface area contributed by atoms with Gasteiger partial charge in [-0.1, -0.05) is 0 Å². The Morgan fingerprint density at radius 1 is 0.774 bits per heavy atom. The zero-order valence-electron chi connectivity index (χ0n) is 18.4. The number of hydrogen-bond donors (Lipinski definition) is 1. The van der Waals surface area contributed by atoms with Crippen LogP contribution in [0.15, 0.2) is 24.3 Å². The summed E-state index contributed by atoms with van der Waals surface area (Å²) in [4.78, 5) is 13.2. The Morgan fingerprint density at radius 2 is 1.23 bits per heavy atom. The van der Waals surface area contributed by atoms with Gasteiger partial charge in [0.25, 0.3) is 0 Å². The molecule has 3 rings (SSSR count). The van der Waals surface area contributed by atoms with Crippen LogP contribution < -0.4 is 33.7 Å². The summed E-state index contributed by atoms with van der Waals surface area (Å²) in [6, 6.07) is 6.74. The van der Waals surface area contributed by atoms with Crippen LogP contribution in [-0.4, -0.2) is 60.2 Å². The van der Waals surface area contributed by atoms with Gasteiger partial charge < -0.3 is 28.4 Å². The van der Waals surface area contributed by atoms with Crippen LogP contribution in [0.2, 0.25) is 0 Å². The number of carbonyl (C=O) groups is 1. The maximum atomic E-state index is 13.2. The first kappa shape index (κ1) is 22.9. The molecule has 0 amide bonds. The smallest absolute Gasteiger partial charge is 0.203 e. The van der Waals surface area contributed by atoms with Crippen LogP contribution in [0.25, 0.3) is 0 Å². The Labute approximate surface area is 186 Å². The molecule has 2 atom stereocenters. The molecule has 0 aliphatic carbocycles. The minimum Gasteiger partial charge on any atom is -0.493 e. The molecule has 2 unspecified atom stereocenters. The SMILES string of the molecule is COc1cc(C(=O)C2CSC(c3cc(OC)c(OC)c(OC)c3)N2)cc(OC)c1OC. The van der Waals surface area contributed by atoms with Gasteiger partial charge in [0.2, 0.25) is 11.5 Å². The van der Waals surface area contributed by atoms with Crippen LogP contribution in [0, 0.1) is 0 Å². The first-order chi connectivity index (χ1) is 15.0. The van der Waals surface area contributed by atoms with Crippen LogP contribution in [0.4, 0.5) is 0 Å². The van der Waals surface area contributed by atoms with Gasteiger partial charge in [-0.25, -0.2) is 0 Å². The number of carbonyl (C=O) groups excluding carboxylic acids is 1. The van der Waals surface area contributed by atoms with Crippen molar-refractivity contribution < 1.29 is 33.2 Å². The zero-order chi connectivity index (χ0) is 22.5. The van der Waals surface area contributed by atoms with Crippen LogP contribution >= 0.6 is 11.8 Å². The van der Waals surface area contributed by atoms with Crippen molar-refractivity contribution in [1.82, 2.24) is 5.32 Å². The summed E-state index contributed by atoms with van der Waals surface area (Å²) >= 11 is 1.63. The number of benzene rings is 2. The number of hydrogen-bond acceptors (Lipinski definition) is 9. The van der Waals surface area contributed by atoms with Gasteiger partial charge in [0.15, 0.2) is 28.8 Å². The molecule has 1 N–H and O–H groups in total. The van der Waals surface area contributed by atoms with E-state index in [1.165, 1.54) is 21.3 Å². The highest BCUT2D eigenvalue weighted by Crippen LogP contribution is 2.44. The average Bonchev–Trinajstić information content (AvgIpc) is 3.31. The molecule has 168 valence electrons. The van der Waals surface area contributed by atoms with Gasteiger partial charge in [-0.3, -0.25) is 10.1 Å². The van der Waals surface area contributed by atoms with E-state index in [2.05, 4.69) is 5.32 Å². The molecule has 1 fully saturated rings. The third-order valence-electron chi connectivity index (χ3n) is 5.04. The summed E-state index contributed by atoms with van der Waals surface area (Å²) < 4.78 is 32.4. The first-order valence-electron chi connectivity index (χ1n) is 9.53. The monoisotopic (exact) mass is 449 g/mol. The second-order valence-electron chi connectivity index (χ2n) is 6.67. The molecular formula is C22H27NO7S. The molecule has 2 aromatic carbocycles. The Hall–Kier alpha value is -2.78. The predicted molar refractivity (Wildman–Crippen MR) is 119 cm³/mol. The van der Waals surface area contributed by atoms with E-state index >= 15 is 0 Å². The second kappa shape index (κ2) is 10.0. The van der Waals surface area contributed by atoms with E-state index < -0.39 is 0 Å². The van der Waals surface area contributed by atoms with Gasteiger partial charge in [0.05, 0.1) is 54.1 Å². The van der Waals surface area contributed by atoms with Gasteiger partial charge in [-0.15, -0.1) is 11.8 Å². The molecule has 0 saturated carbocycles. The van der Waals surface area contributed by atoms with Crippen LogP contribution in [0.3, 0.4) is 0 Å². The Morgan fingerprint density at radius 3 is 1.65 bits per heavy atom. The fourth-order valence-corrected chi connectivity index (χ4v) is 4.71. The lowest BCUT2D eigenvalue weighted by Crippen LogP contribution is -2.34. The molecule has 0 radical (unpaired) electrons. The van der Waals surface area contributed by atoms with E-state index in [9.17, 15) is 4.79 Å². The molecular weight excluding hydrogens is 422 g/mol. The lowest BCUT2D eigenvalue weighted by atomic mass is 10.0. The Bertz CT molecular complexity index is 899. The maximum Gasteiger partial charge on any atom is 0.203 e. The van der Waals surface area contributed by atoms with Gasteiger partial charge in [0.1, 0.15) is 0 Å². The number of ketones is 1. The molecule has 0 bridgehead atoms. The Balaban J connectivity index is 1.85. The molecule has 1 heterocycles. The molecule has 1 saturated heterocycles. The van der Waals surface area contributed by atoms with Crippen molar-refractivity contribution in [3.05, 3.63) is 35.4 Å². The number of ether oxygens (including phenoxy) is 6. The van der Waals surface area contributed by atoms with E-state index in [1.807, 2.05) is 12.1 Å². The largest absolute Gasteiger partial charge is 0.493 e. The van der Waals surface area contributed by atoms with Gasteiger partial charge in [-0.05, 0) is 29.8 Å². The summed E-state index contributed by atoms with van der Waals surface area (Å²) in [5.74, 6) is 3.55. The van der Waals surface area contributed by atoms with Crippen molar-refractivity contribution in [2.75, 3.05) is 48.4 Å². The van der Waals surface area contributed by atoms with Crippen LogP contribution in [-0.2, 0) is 0 Å². The quantitative estimate of drug-likeness (QED) is 0.580. The fourth-order valence-electron chi connectivity index (χ4n) is 3.49. The number of methoxy groups -OCH3 is 6. The van der Waals surface area contributed by atoms with Crippen molar-refractivity contribution in [1.29, 1.82) is 0 Å². The number of nitrogens with one attached hydrogen (secondary N) is 1. The standard InChI is InChI=1S/C22H27NO7S/c1-25-15-7-12(8-16(26-2)20(15)29-5)19(24)14-11-31-22(23-14)13-9-17(27-3)21(30-6)18(10-13)28-4/h7-10,14,22-23H,11H2,1-6H3. The topological polar surface area (TPSA) is 84.5 Å². The molecule has 31 heavy (non-hydrogen) atoms. The molecule has 9 heteroatoms. The third-order valence-corrected chi connectivity index (χ3v) is 6.31. The van der Waals surface area contributed by atoms with Gasteiger partial charge >= 0.3 is 0 Å². The van der Waals surface area contributed by atoms with E-state index in [0.717, 1.165) is 5.56 Å². The van der Waals surface area contributed by atoms with E-state index in [4.69, 9.17) is 28.4 Å². The minimum absolute atomic E-state index is 0.0540. The maximum absolute atomic E-state index is 13.2. The second-order valence-corrected chi connectivity index (χ2v) is 7.81. The summed E-state index contributed by atoms with van der Waals surface area (Å²) in [7, 11) is 9.29. The highest BCUT2D eigenvalue weighted by atomic mass is 32.2. The van der Waals surface area contributed by atoms with Crippen molar-refractivity contribution in [2.45, 2.75) is 11.4 Å². The van der Waals surface area contributed by atoms with Crippen molar-refractivity contribution in [3.63, 3.8) is 0 Å². The van der Waals surface area contributed by atoms with E-state index in [1.54, 1.807) is 45.2 Å². The normalized spacial score (nSPS) is 17.7. The predicted octanol–water partition coefficient (Wildman–Crippen LogP) is 3.32. The van der Waals surface area contributed by atoms with Crippen molar-refractivity contribution in [2.24, 2.45) is 0 Å². The first-order valence-corrected chi connectivity index (χ1v) is 10.6. The molecule has 1 aliphatic rings. The van der Waals surface area contributed by atoms with Crippen molar-refractivity contribution in [3.8, 4) is 34.5 Å². The number of Topliss-reactive ketones (excluding diaryl/α,β-unsaturated/α-hetero) is 1. The lowest BCUT2D eigenvalue weighted by Gasteiger charge is -2.18. The summed E-state index contributed by atoms with van der Waals surface area (Å²) in [5.41, 5.74) is 1.41.